The Bertz CT molecular complexity index is 1650. The number of fused-ring (bicyclic) bond motifs is 1. The number of carbonyl (C=O) groups is 1. The van der Waals surface area contributed by atoms with Crippen LogP contribution in [-0.4, -0.2) is 64.1 Å². The molecule has 2 aliphatic heterocycles. The zero-order chi connectivity index (χ0) is 29.2. The molecular formula is C33H39N7O2. The van der Waals surface area contributed by atoms with Gasteiger partial charge in [0.05, 0.1) is 23.9 Å². The first-order valence-electron chi connectivity index (χ1n) is 14.8. The average molecular weight is 566 g/mol. The predicted octanol–water partition coefficient (Wildman–Crippen LogP) is 3.55. The second-order valence-corrected chi connectivity index (χ2v) is 11.6. The first-order chi connectivity index (χ1) is 20.4. The average Bonchev–Trinajstić information content (AvgIpc) is 3.00. The zero-order valence-corrected chi connectivity index (χ0v) is 24.7. The number of amides is 1. The van der Waals surface area contributed by atoms with Crippen molar-refractivity contribution in [2.24, 2.45) is 7.05 Å². The minimum absolute atomic E-state index is 0.0483. The van der Waals surface area contributed by atoms with Crippen molar-refractivity contribution in [2.45, 2.75) is 45.8 Å². The van der Waals surface area contributed by atoms with Crippen LogP contribution in [0.2, 0.25) is 0 Å². The maximum absolute atomic E-state index is 13.9. The van der Waals surface area contributed by atoms with Crippen molar-refractivity contribution >= 4 is 28.2 Å². The molecule has 42 heavy (non-hydrogen) atoms. The van der Waals surface area contributed by atoms with E-state index in [0.29, 0.717) is 25.0 Å². The lowest BCUT2D eigenvalue weighted by atomic mass is 10.0. The SMILES string of the molecule is Cc1ccc(N2CCC[C@H](N(Cc3ccnc(C)c3)Cc3cn(C)c4cc(N5CCNCC5=O)ccc4c3=O)C2)cn1. The fourth-order valence-electron chi connectivity index (χ4n) is 6.30. The number of aromatic nitrogens is 3. The molecule has 1 atom stereocenters. The molecule has 0 radical (unpaired) electrons. The van der Waals surface area contributed by atoms with Crippen LogP contribution >= 0.6 is 0 Å². The molecule has 2 saturated heterocycles. The predicted molar refractivity (Wildman–Crippen MR) is 167 cm³/mol. The third kappa shape index (κ3) is 5.93. The van der Waals surface area contributed by atoms with E-state index in [1.54, 1.807) is 4.90 Å². The largest absolute Gasteiger partial charge is 0.369 e. The summed E-state index contributed by atoms with van der Waals surface area (Å²) in [6, 6.07) is 14.5. The number of nitrogens with one attached hydrogen (secondary N) is 1. The van der Waals surface area contributed by atoms with Crippen molar-refractivity contribution < 1.29 is 4.79 Å². The number of hydrogen-bond donors (Lipinski definition) is 1. The quantitative estimate of drug-likeness (QED) is 0.367. The summed E-state index contributed by atoms with van der Waals surface area (Å²) in [6.45, 7) is 8.90. The van der Waals surface area contributed by atoms with Gasteiger partial charge in [-0.25, -0.2) is 0 Å². The van der Waals surface area contributed by atoms with Crippen LogP contribution in [-0.2, 0) is 24.9 Å². The standard InChI is InChI=1S/C33H39N7O2/c1-23-6-7-28(17-36-23)38-13-4-5-29(22-38)39(19-25-10-11-35-24(2)15-25)21-26-20-37(3)31-16-27(8-9-30(31)33(26)42)40-14-12-34-18-32(40)41/h6-11,15-17,20,29,34H,4-5,12-14,18-19,21-22H2,1-3H3/t29-/m0/s1. The van der Waals surface area contributed by atoms with Crippen molar-refractivity contribution in [3.63, 3.8) is 0 Å². The first-order valence-corrected chi connectivity index (χ1v) is 14.8. The van der Waals surface area contributed by atoms with Crippen molar-refractivity contribution in [1.29, 1.82) is 0 Å². The summed E-state index contributed by atoms with van der Waals surface area (Å²) in [5, 5.41) is 3.80. The lowest BCUT2D eigenvalue weighted by Crippen LogP contribution is -2.48. The summed E-state index contributed by atoms with van der Waals surface area (Å²) in [5.74, 6) is 0.0483. The normalized spacial score (nSPS) is 17.8. The zero-order valence-electron chi connectivity index (χ0n) is 24.7. The lowest BCUT2D eigenvalue weighted by Gasteiger charge is -2.40. The Morgan fingerprint density at radius 2 is 1.83 bits per heavy atom. The molecule has 5 heterocycles. The minimum Gasteiger partial charge on any atom is -0.369 e. The van der Waals surface area contributed by atoms with Crippen LogP contribution in [0.15, 0.2) is 65.8 Å². The van der Waals surface area contributed by atoms with Gasteiger partial charge in [0.25, 0.3) is 0 Å². The Morgan fingerprint density at radius 1 is 0.976 bits per heavy atom. The number of benzene rings is 1. The van der Waals surface area contributed by atoms with Gasteiger partial charge in [-0.05, 0) is 74.7 Å². The smallest absolute Gasteiger partial charge is 0.240 e. The Morgan fingerprint density at radius 3 is 2.62 bits per heavy atom. The lowest BCUT2D eigenvalue weighted by molar-refractivity contribution is -0.118. The maximum atomic E-state index is 13.9. The van der Waals surface area contributed by atoms with Crippen LogP contribution in [0.1, 0.15) is 35.4 Å². The molecule has 1 N–H and O–H groups in total. The molecule has 0 saturated carbocycles. The summed E-state index contributed by atoms with van der Waals surface area (Å²) in [4.78, 5) is 42.0. The third-order valence-electron chi connectivity index (χ3n) is 8.54. The Balaban J connectivity index is 1.31. The minimum atomic E-state index is 0.0483. The summed E-state index contributed by atoms with van der Waals surface area (Å²) in [7, 11) is 1.98. The van der Waals surface area contributed by atoms with Crippen LogP contribution in [0.4, 0.5) is 11.4 Å². The highest BCUT2D eigenvalue weighted by Crippen LogP contribution is 2.26. The van der Waals surface area contributed by atoms with Crippen molar-refractivity contribution in [3.8, 4) is 0 Å². The van der Waals surface area contributed by atoms with Gasteiger partial charge < -0.3 is 19.7 Å². The van der Waals surface area contributed by atoms with Crippen LogP contribution in [0.5, 0.6) is 0 Å². The fourth-order valence-corrected chi connectivity index (χ4v) is 6.30. The third-order valence-corrected chi connectivity index (χ3v) is 8.54. The van der Waals surface area contributed by atoms with E-state index in [1.807, 2.05) is 62.3 Å². The van der Waals surface area contributed by atoms with Gasteiger partial charge >= 0.3 is 0 Å². The highest BCUT2D eigenvalue weighted by atomic mass is 16.2. The van der Waals surface area contributed by atoms with Gasteiger partial charge in [0.1, 0.15) is 0 Å². The second kappa shape index (κ2) is 12.0. The fraction of sp³-hybridized carbons (Fsp3) is 0.394. The molecule has 6 rings (SSSR count). The Hall–Kier alpha value is -4.08. The summed E-state index contributed by atoms with van der Waals surface area (Å²) < 4.78 is 2.03. The van der Waals surface area contributed by atoms with Crippen molar-refractivity contribution in [1.82, 2.24) is 24.8 Å². The molecule has 9 nitrogen and oxygen atoms in total. The molecule has 2 fully saturated rings. The summed E-state index contributed by atoms with van der Waals surface area (Å²) in [6.07, 6.45) is 7.95. The molecule has 1 aromatic carbocycles. The van der Waals surface area contributed by atoms with Crippen LogP contribution in [0.3, 0.4) is 0 Å². The number of aryl methyl sites for hydroxylation is 3. The van der Waals surface area contributed by atoms with Crippen LogP contribution in [0.25, 0.3) is 10.9 Å². The molecule has 3 aromatic heterocycles. The topological polar surface area (TPSA) is 86.6 Å². The molecule has 9 heteroatoms. The Labute approximate surface area is 246 Å². The highest BCUT2D eigenvalue weighted by Gasteiger charge is 2.27. The molecule has 2 aliphatic rings. The van der Waals surface area contributed by atoms with Gasteiger partial charge in [-0.15, -0.1) is 0 Å². The van der Waals surface area contributed by atoms with Crippen LogP contribution in [0, 0.1) is 13.8 Å². The number of hydrogen-bond acceptors (Lipinski definition) is 7. The number of piperidine rings is 1. The van der Waals surface area contributed by atoms with E-state index in [-0.39, 0.29) is 17.4 Å². The number of pyridine rings is 3. The summed E-state index contributed by atoms with van der Waals surface area (Å²) in [5.41, 5.74) is 6.83. The van der Waals surface area contributed by atoms with E-state index in [2.05, 4.69) is 49.4 Å². The number of piperazine rings is 1. The van der Waals surface area contributed by atoms with Gasteiger partial charge in [-0.2, -0.15) is 0 Å². The number of rotatable bonds is 7. The van der Waals surface area contributed by atoms with Crippen LogP contribution < -0.4 is 20.5 Å². The van der Waals surface area contributed by atoms with E-state index in [9.17, 15) is 9.59 Å². The van der Waals surface area contributed by atoms with E-state index >= 15 is 0 Å². The van der Waals surface area contributed by atoms with Crippen molar-refractivity contribution in [3.05, 3.63) is 93.8 Å². The van der Waals surface area contributed by atoms with E-state index < -0.39 is 0 Å². The molecule has 218 valence electrons. The van der Waals surface area contributed by atoms with Gasteiger partial charge in [-0.1, -0.05) is 0 Å². The Kier molecular flexibility index (Phi) is 8.04. The number of anilines is 2. The first kappa shape index (κ1) is 28.1. The number of carbonyl (C=O) groups excluding carboxylic acids is 1. The molecular weight excluding hydrogens is 526 g/mol. The molecule has 0 spiro atoms. The van der Waals surface area contributed by atoms with Gasteiger partial charge in [-0.3, -0.25) is 24.5 Å². The molecule has 0 bridgehead atoms. The maximum Gasteiger partial charge on any atom is 0.240 e. The van der Waals surface area contributed by atoms with E-state index in [0.717, 1.165) is 72.9 Å². The monoisotopic (exact) mass is 565 g/mol. The van der Waals surface area contributed by atoms with Gasteiger partial charge in [0, 0.05) is 92.8 Å². The molecule has 0 unspecified atom stereocenters. The summed E-state index contributed by atoms with van der Waals surface area (Å²) >= 11 is 0. The highest BCUT2D eigenvalue weighted by molar-refractivity contribution is 5.97. The van der Waals surface area contributed by atoms with Crippen molar-refractivity contribution in [2.75, 3.05) is 42.5 Å². The van der Waals surface area contributed by atoms with Gasteiger partial charge in [0.15, 0.2) is 5.43 Å². The molecule has 1 amide bonds. The molecule has 4 aromatic rings. The molecule has 0 aliphatic carbocycles. The van der Waals surface area contributed by atoms with Gasteiger partial charge in [0.2, 0.25) is 5.91 Å². The van der Waals surface area contributed by atoms with E-state index in [4.69, 9.17) is 0 Å². The number of nitrogens with zero attached hydrogens (tertiary/aromatic N) is 6. The second-order valence-electron chi connectivity index (χ2n) is 11.6. The van der Waals surface area contributed by atoms with E-state index in [1.165, 1.54) is 5.56 Å².